The van der Waals surface area contributed by atoms with Gasteiger partial charge in [0.2, 0.25) is 0 Å². The maximum Gasteiger partial charge on any atom is 0.323 e. The Bertz CT molecular complexity index is 504. The van der Waals surface area contributed by atoms with Crippen molar-refractivity contribution in [3.8, 4) is 5.75 Å². The Morgan fingerprint density at radius 1 is 1.33 bits per heavy atom. The van der Waals surface area contributed by atoms with E-state index in [4.69, 9.17) is 19.9 Å². The van der Waals surface area contributed by atoms with Gasteiger partial charge in [-0.25, -0.2) is 0 Å². The first-order chi connectivity index (χ1) is 11.7. The first kappa shape index (κ1) is 18.7. The maximum atomic E-state index is 11.7. The highest BCUT2D eigenvalue weighted by Crippen LogP contribution is 2.20. The molecule has 2 rings (SSSR count). The number of hydrogen-bond acceptors (Lipinski definition) is 6. The van der Waals surface area contributed by atoms with Crippen LogP contribution in [0.3, 0.4) is 0 Å². The average molecular weight is 336 g/mol. The molecule has 6 nitrogen and oxygen atoms in total. The van der Waals surface area contributed by atoms with Gasteiger partial charge in [0, 0.05) is 26.1 Å². The second-order valence-corrected chi connectivity index (χ2v) is 5.83. The number of para-hydroxylation sites is 1. The number of esters is 1. The maximum absolute atomic E-state index is 11.7. The highest BCUT2D eigenvalue weighted by atomic mass is 16.5. The molecule has 1 heterocycles. The molecule has 134 valence electrons. The fraction of sp³-hybridized carbons (Fsp3) is 0.611. The summed E-state index contributed by atoms with van der Waals surface area (Å²) in [4.78, 5) is 14.1. The van der Waals surface area contributed by atoms with Crippen molar-refractivity contribution in [1.29, 1.82) is 0 Å². The van der Waals surface area contributed by atoms with Gasteiger partial charge in [-0.3, -0.25) is 9.69 Å². The van der Waals surface area contributed by atoms with Crippen LogP contribution in [0.25, 0.3) is 0 Å². The van der Waals surface area contributed by atoms with Gasteiger partial charge in [-0.2, -0.15) is 0 Å². The molecule has 24 heavy (non-hydrogen) atoms. The van der Waals surface area contributed by atoms with E-state index in [1.165, 1.54) is 0 Å². The zero-order chi connectivity index (χ0) is 17.2. The third-order valence-corrected chi connectivity index (χ3v) is 3.98. The Hall–Kier alpha value is -1.63. The highest BCUT2D eigenvalue weighted by molar-refractivity contribution is 5.76. The van der Waals surface area contributed by atoms with Gasteiger partial charge in [-0.15, -0.1) is 0 Å². The molecular formula is C18H28N2O4. The summed E-state index contributed by atoms with van der Waals surface area (Å²) >= 11 is 0. The van der Waals surface area contributed by atoms with Gasteiger partial charge in [0.25, 0.3) is 0 Å². The van der Waals surface area contributed by atoms with Gasteiger partial charge >= 0.3 is 5.97 Å². The number of morpholine rings is 1. The van der Waals surface area contributed by atoms with Crippen LogP contribution in [0.15, 0.2) is 24.3 Å². The highest BCUT2D eigenvalue weighted by Gasteiger charge is 2.17. The van der Waals surface area contributed by atoms with Gasteiger partial charge in [-0.05, 0) is 25.0 Å². The molecule has 0 aromatic heterocycles. The van der Waals surface area contributed by atoms with E-state index in [0.717, 1.165) is 50.6 Å². The van der Waals surface area contributed by atoms with Crippen molar-refractivity contribution in [3.63, 3.8) is 0 Å². The number of hydrogen-bond donors (Lipinski definition) is 1. The normalized spacial score (nSPS) is 16.6. The molecule has 2 N–H and O–H groups in total. The molecule has 0 radical (unpaired) electrons. The van der Waals surface area contributed by atoms with Crippen LogP contribution in [-0.4, -0.2) is 63.0 Å². The third kappa shape index (κ3) is 6.11. The molecular weight excluding hydrogens is 308 g/mol. The lowest BCUT2D eigenvalue weighted by Gasteiger charge is -2.26. The van der Waals surface area contributed by atoms with Crippen LogP contribution in [0.1, 0.15) is 18.9 Å². The largest absolute Gasteiger partial charge is 0.493 e. The first-order valence-electron chi connectivity index (χ1n) is 8.63. The fourth-order valence-corrected chi connectivity index (χ4v) is 2.68. The fourth-order valence-electron chi connectivity index (χ4n) is 2.68. The van der Waals surface area contributed by atoms with E-state index in [1.54, 1.807) is 6.92 Å². The summed E-state index contributed by atoms with van der Waals surface area (Å²) in [7, 11) is 0. The molecule has 1 fully saturated rings. The summed E-state index contributed by atoms with van der Waals surface area (Å²) in [5.41, 5.74) is 6.84. The molecule has 0 spiro atoms. The van der Waals surface area contributed by atoms with E-state index < -0.39 is 6.04 Å². The van der Waals surface area contributed by atoms with Crippen molar-refractivity contribution in [3.05, 3.63) is 29.8 Å². The quantitative estimate of drug-likeness (QED) is 0.540. The first-order valence-corrected chi connectivity index (χ1v) is 8.63. The number of ether oxygens (including phenoxy) is 3. The number of benzene rings is 1. The molecule has 0 amide bonds. The van der Waals surface area contributed by atoms with Crippen molar-refractivity contribution >= 4 is 5.97 Å². The van der Waals surface area contributed by atoms with Crippen LogP contribution in [-0.2, 0) is 20.7 Å². The van der Waals surface area contributed by atoms with Crippen LogP contribution < -0.4 is 10.5 Å². The number of carbonyl (C=O) groups excluding carboxylic acids is 1. The van der Waals surface area contributed by atoms with Gasteiger partial charge < -0.3 is 19.9 Å². The molecule has 1 saturated heterocycles. The van der Waals surface area contributed by atoms with Crippen LogP contribution in [0, 0.1) is 0 Å². The minimum atomic E-state index is -0.664. The average Bonchev–Trinajstić information content (AvgIpc) is 2.61. The standard InChI is InChI=1S/C18H28N2O4/c1-2-23-18(21)16(19)14-15-6-3-4-7-17(15)24-11-5-8-20-9-12-22-13-10-20/h3-4,6-7,16H,2,5,8-14,19H2,1H3. The predicted molar refractivity (Wildman–Crippen MR) is 92.1 cm³/mol. The SMILES string of the molecule is CCOC(=O)C(N)Cc1ccccc1OCCCN1CCOCC1. The van der Waals surface area contributed by atoms with Crippen molar-refractivity contribution in [1.82, 2.24) is 4.90 Å². The topological polar surface area (TPSA) is 74.0 Å². The van der Waals surface area contributed by atoms with Gasteiger partial charge in [0.05, 0.1) is 26.4 Å². The zero-order valence-corrected chi connectivity index (χ0v) is 14.4. The lowest BCUT2D eigenvalue weighted by molar-refractivity contribution is -0.144. The van der Waals surface area contributed by atoms with E-state index in [1.807, 2.05) is 24.3 Å². The molecule has 1 atom stereocenters. The summed E-state index contributed by atoms with van der Waals surface area (Å²) < 4.78 is 16.2. The molecule has 1 aromatic rings. The zero-order valence-electron chi connectivity index (χ0n) is 14.4. The molecule has 1 aliphatic heterocycles. The monoisotopic (exact) mass is 336 g/mol. The summed E-state index contributed by atoms with van der Waals surface area (Å²) in [5.74, 6) is 0.416. The smallest absolute Gasteiger partial charge is 0.323 e. The summed E-state index contributed by atoms with van der Waals surface area (Å²) in [6.07, 6.45) is 1.37. The van der Waals surface area contributed by atoms with E-state index in [-0.39, 0.29) is 5.97 Å². The lowest BCUT2D eigenvalue weighted by Crippen LogP contribution is -2.37. The van der Waals surface area contributed by atoms with Crippen LogP contribution in [0.2, 0.25) is 0 Å². The number of nitrogens with two attached hydrogens (primary N) is 1. The summed E-state index contributed by atoms with van der Waals surface area (Å²) in [6.45, 7) is 7.38. The van der Waals surface area contributed by atoms with Crippen molar-refractivity contribution in [2.45, 2.75) is 25.8 Å². The van der Waals surface area contributed by atoms with E-state index in [9.17, 15) is 4.79 Å². The lowest BCUT2D eigenvalue weighted by atomic mass is 10.1. The Morgan fingerprint density at radius 3 is 2.83 bits per heavy atom. The van der Waals surface area contributed by atoms with Crippen LogP contribution >= 0.6 is 0 Å². The van der Waals surface area contributed by atoms with Crippen molar-refractivity contribution < 1.29 is 19.0 Å². The molecule has 0 saturated carbocycles. The van der Waals surface area contributed by atoms with E-state index >= 15 is 0 Å². The minimum absolute atomic E-state index is 0.340. The Labute approximate surface area is 143 Å². The Balaban J connectivity index is 1.78. The minimum Gasteiger partial charge on any atom is -0.493 e. The summed E-state index contributed by atoms with van der Waals surface area (Å²) in [5, 5.41) is 0. The number of carbonyl (C=O) groups is 1. The van der Waals surface area contributed by atoms with Crippen molar-refractivity contribution in [2.24, 2.45) is 5.73 Å². The third-order valence-electron chi connectivity index (χ3n) is 3.98. The molecule has 6 heteroatoms. The van der Waals surface area contributed by atoms with Gasteiger partial charge in [0.1, 0.15) is 11.8 Å². The second-order valence-electron chi connectivity index (χ2n) is 5.83. The number of nitrogens with zero attached hydrogens (tertiary/aromatic N) is 1. The molecule has 0 aliphatic carbocycles. The molecule has 1 aliphatic rings. The second kappa shape index (κ2) is 10.3. The Morgan fingerprint density at radius 2 is 2.08 bits per heavy atom. The van der Waals surface area contributed by atoms with Crippen molar-refractivity contribution in [2.75, 3.05) is 46.1 Å². The number of rotatable bonds is 9. The molecule has 0 bridgehead atoms. The summed E-state index contributed by atoms with van der Waals surface area (Å²) in [6, 6.07) is 7.05. The van der Waals surface area contributed by atoms with Gasteiger partial charge in [-0.1, -0.05) is 18.2 Å². The predicted octanol–water partition coefficient (Wildman–Crippen LogP) is 1.22. The van der Waals surface area contributed by atoms with Crippen LogP contribution in [0.5, 0.6) is 5.75 Å². The molecule has 1 aromatic carbocycles. The van der Waals surface area contributed by atoms with Gasteiger partial charge in [0.15, 0.2) is 0 Å². The van der Waals surface area contributed by atoms with E-state index in [2.05, 4.69) is 4.90 Å². The van der Waals surface area contributed by atoms with E-state index in [0.29, 0.717) is 19.6 Å². The molecule has 1 unspecified atom stereocenters. The van der Waals surface area contributed by atoms with Crippen LogP contribution in [0.4, 0.5) is 0 Å². The Kier molecular flexibility index (Phi) is 8.01.